The number of H-pyrrole nitrogens is 1. The summed E-state index contributed by atoms with van der Waals surface area (Å²) in [6.07, 6.45) is 1.88. The lowest BCUT2D eigenvalue weighted by Crippen LogP contribution is -2.14. The number of furan rings is 1. The molecule has 7 nitrogen and oxygen atoms in total. The van der Waals surface area contributed by atoms with Crippen molar-refractivity contribution in [2.24, 2.45) is 0 Å². The van der Waals surface area contributed by atoms with Gasteiger partial charge in [0.05, 0.1) is 28.4 Å². The Morgan fingerprint density at radius 3 is 2.75 bits per heavy atom. The first-order chi connectivity index (χ1) is 15.7. The summed E-state index contributed by atoms with van der Waals surface area (Å²) in [6, 6.07) is 17.9. The molecular weight excluding hydrogens is 426 g/mol. The highest BCUT2D eigenvalue weighted by Gasteiger charge is 2.16. The summed E-state index contributed by atoms with van der Waals surface area (Å²) in [5.41, 5.74) is 2.19. The molecular formula is C24H17N3O4S. The smallest absolute Gasteiger partial charge is 0.338 e. The van der Waals surface area contributed by atoms with Crippen molar-refractivity contribution >= 4 is 28.2 Å². The molecule has 0 spiro atoms. The van der Waals surface area contributed by atoms with Gasteiger partial charge in [0.25, 0.3) is 5.56 Å². The van der Waals surface area contributed by atoms with Crippen molar-refractivity contribution in [2.45, 2.75) is 13.0 Å². The molecule has 158 valence electrons. The van der Waals surface area contributed by atoms with E-state index in [9.17, 15) is 9.59 Å². The SMILES string of the molecule is O=C(OCc1csc(-c2ccco2)n1)c1ccccc1Cc1nc2ccccc2c(=O)[nH]1. The summed E-state index contributed by atoms with van der Waals surface area (Å²) in [5.74, 6) is 0.697. The van der Waals surface area contributed by atoms with Gasteiger partial charge in [0.1, 0.15) is 12.4 Å². The third kappa shape index (κ3) is 4.08. The number of aromatic nitrogens is 3. The molecule has 1 N–H and O–H groups in total. The predicted molar refractivity (Wildman–Crippen MR) is 121 cm³/mol. The summed E-state index contributed by atoms with van der Waals surface area (Å²) in [4.78, 5) is 36.9. The maximum atomic E-state index is 12.8. The van der Waals surface area contributed by atoms with E-state index in [-0.39, 0.29) is 12.2 Å². The lowest BCUT2D eigenvalue weighted by Gasteiger charge is -2.09. The number of nitrogens with one attached hydrogen (secondary N) is 1. The molecule has 5 rings (SSSR count). The molecule has 8 heteroatoms. The van der Waals surface area contributed by atoms with E-state index in [0.717, 1.165) is 5.01 Å². The number of carbonyl (C=O) groups is 1. The van der Waals surface area contributed by atoms with Crippen molar-refractivity contribution in [3.05, 3.63) is 105 Å². The molecule has 0 unspecified atom stereocenters. The average Bonchev–Trinajstić information content (AvgIpc) is 3.50. The minimum atomic E-state index is -0.462. The second-order valence-corrected chi connectivity index (χ2v) is 7.92. The predicted octanol–water partition coefficient (Wildman–Crippen LogP) is 4.59. The van der Waals surface area contributed by atoms with E-state index in [1.165, 1.54) is 11.3 Å². The number of ether oxygens (including phenoxy) is 1. The molecule has 0 aliphatic rings. The molecule has 0 atom stereocenters. The van der Waals surface area contributed by atoms with Crippen LogP contribution in [0, 0.1) is 0 Å². The number of para-hydroxylation sites is 1. The normalized spacial score (nSPS) is 11.0. The number of carbonyl (C=O) groups excluding carboxylic acids is 1. The fraction of sp³-hybridized carbons (Fsp3) is 0.0833. The van der Waals surface area contributed by atoms with Crippen LogP contribution in [-0.4, -0.2) is 20.9 Å². The van der Waals surface area contributed by atoms with Gasteiger partial charge in [-0.2, -0.15) is 0 Å². The fourth-order valence-corrected chi connectivity index (χ4v) is 4.15. The average molecular weight is 443 g/mol. The van der Waals surface area contributed by atoms with Crippen LogP contribution in [0.3, 0.4) is 0 Å². The van der Waals surface area contributed by atoms with Crippen LogP contribution in [0.5, 0.6) is 0 Å². The summed E-state index contributed by atoms with van der Waals surface area (Å²) in [6.45, 7) is 0.0510. The standard InChI is InChI=1S/C24H17N3O4S/c28-22-18-8-3-4-9-19(18)26-21(27-22)12-15-6-1-2-7-17(15)24(29)31-13-16-14-32-23(25-16)20-10-5-11-30-20/h1-11,14H,12-13H2,(H,26,27,28). The Kier molecular flexibility index (Phi) is 5.35. The Balaban J connectivity index is 1.33. The number of nitrogens with zero attached hydrogens (tertiary/aromatic N) is 2. The zero-order valence-corrected chi connectivity index (χ0v) is 17.6. The molecule has 0 saturated carbocycles. The van der Waals surface area contributed by atoms with E-state index in [4.69, 9.17) is 9.15 Å². The number of fused-ring (bicyclic) bond motifs is 1. The Hall–Kier alpha value is -4.04. The highest BCUT2D eigenvalue weighted by molar-refractivity contribution is 7.13. The molecule has 32 heavy (non-hydrogen) atoms. The fourth-order valence-electron chi connectivity index (χ4n) is 3.38. The number of aromatic amines is 1. The lowest BCUT2D eigenvalue weighted by molar-refractivity contribution is 0.0467. The molecule has 0 saturated heterocycles. The first-order valence-electron chi connectivity index (χ1n) is 9.88. The number of hydrogen-bond acceptors (Lipinski definition) is 7. The quantitative estimate of drug-likeness (QED) is 0.386. The van der Waals surface area contributed by atoms with E-state index in [2.05, 4.69) is 15.0 Å². The Morgan fingerprint density at radius 1 is 1.03 bits per heavy atom. The first kappa shape index (κ1) is 19.9. The van der Waals surface area contributed by atoms with Crippen molar-refractivity contribution in [1.29, 1.82) is 0 Å². The number of benzene rings is 2. The maximum absolute atomic E-state index is 12.8. The lowest BCUT2D eigenvalue weighted by atomic mass is 10.0. The zero-order chi connectivity index (χ0) is 21.9. The van der Waals surface area contributed by atoms with Gasteiger partial charge in [0.2, 0.25) is 0 Å². The van der Waals surface area contributed by atoms with Gasteiger partial charge in [-0.3, -0.25) is 4.79 Å². The first-order valence-corrected chi connectivity index (χ1v) is 10.8. The molecule has 0 aliphatic carbocycles. The van der Waals surface area contributed by atoms with Crippen LogP contribution in [0.4, 0.5) is 0 Å². The van der Waals surface area contributed by atoms with Crippen LogP contribution < -0.4 is 5.56 Å². The Morgan fingerprint density at radius 2 is 1.88 bits per heavy atom. The van der Waals surface area contributed by atoms with Crippen LogP contribution >= 0.6 is 11.3 Å². The molecule has 0 bridgehead atoms. The number of thiazole rings is 1. The molecule has 5 aromatic rings. The van der Waals surface area contributed by atoms with Crippen LogP contribution in [0.25, 0.3) is 21.7 Å². The van der Waals surface area contributed by atoms with E-state index in [0.29, 0.717) is 45.7 Å². The van der Waals surface area contributed by atoms with Gasteiger partial charge in [-0.1, -0.05) is 30.3 Å². The van der Waals surface area contributed by atoms with Crippen molar-refractivity contribution in [2.75, 3.05) is 0 Å². The summed E-state index contributed by atoms with van der Waals surface area (Å²) < 4.78 is 10.8. The van der Waals surface area contributed by atoms with Crippen molar-refractivity contribution in [3.63, 3.8) is 0 Å². The highest BCUT2D eigenvalue weighted by atomic mass is 32.1. The molecule has 2 aromatic carbocycles. The van der Waals surface area contributed by atoms with Gasteiger partial charge in [-0.25, -0.2) is 14.8 Å². The summed E-state index contributed by atoms with van der Waals surface area (Å²) >= 11 is 1.42. The van der Waals surface area contributed by atoms with Gasteiger partial charge in [0, 0.05) is 11.8 Å². The topological polar surface area (TPSA) is 98.1 Å². The third-order valence-corrected chi connectivity index (χ3v) is 5.80. The van der Waals surface area contributed by atoms with Crippen molar-refractivity contribution < 1.29 is 13.9 Å². The molecule has 3 heterocycles. The van der Waals surface area contributed by atoms with E-state index < -0.39 is 5.97 Å². The molecule has 0 amide bonds. The van der Waals surface area contributed by atoms with Crippen molar-refractivity contribution in [3.8, 4) is 10.8 Å². The second kappa shape index (κ2) is 8.60. The largest absolute Gasteiger partial charge is 0.462 e. The summed E-state index contributed by atoms with van der Waals surface area (Å²) in [5, 5.41) is 3.09. The number of hydrogen-bond donors (Lipinski definition) is 1. The highest BCUT2D eigenvalue weighted by Crippen LogP contribution is 2.24. The minimum absolute atomic E-state index is 0.0510. The minimum Gasteiger partial charge on any atom is -0.462 e. The van der Waals surface area contributed by atoms with Gasteiger partial charge >= 0.3 is 5.97 Å². The molecule has 0 aliphatic heterocycles. The molecule has 0 fully saturated rings. The van der Waals surface area contributed by atoms with Gasteiger partial charge in [-0.05, 0) is 35.9 Å². The van der Waals surface area contributed by atoms with Gasteiger partial charge in [0.15, 0.2) is 10.8 Å². The molecule has 3 aromatic heterocycles. The third-order valence-electron chi connectivity index (χ3n) is 4.89. The second-order valence-electron chi connectivity index (χ2n) is 7.06. The van der Waals surface area contributed by atoms with Gasteiger partial charge in [-0.15, -0.1) is 11.3 Å². The summed E-state index contributed by atoms with van der Waals surface area (Å²) in [7, 11) is 0. The Labute approximate surface area is 186 Å². The van der Waals surface area contributed by atoms with Crippen molar-refractivity contribution in [1.82, 2.24) is 15.0 Å². The van der Waals surface area contributed by atoms with E-state index in [1.807, 2.05) is 29.6 Å². The van der Waals surface area contributed by atoms with Crippen LogP contribution in [0.2, 0.25) is 0 Å². The van der Waals surface area contributed by atoms with E-state index in [1.54, 1.807) is 42.7 Å². The number of rotatable bonds is 6. The maximum Gasteiger partial charge on any atom is 0.338 e. The Bertz CT molecular complexity index is 1450. The van der Waals surface area contributed by atoms with Crippen LogP contribution in [-0.2, 0) is 17.8 Å². The number of esters is 1. The zero-order valence-electron chi connectivity index (χ0n) is 16.8. The monoisotopic (exact) mass is 443 g/mol. The van der Waals surface area contributed by atoms with Crippen LogP contribution in [0.15, 0.2) is 81.5 Å². The molecule has 0 radical (unpaired) electrons. The van der Waals surface area contributed by atoms with E-state index >= 15 is 0 Å². The van der Waals surface area contributed by atoms with Gasteiger partial charge < -0.3 is 14.1 Å². The van der Waals surface area contributed by atoms with Crippen LogP contribution in [0.1, 0.15) is 27.4 Å².